The van der Waals surface area contributed by atoms with Crippen LogP contribution in [0.25, 0.3) is 0 Å². The number of nitrogens with zero attached hydrogens (tertiary/aromatic N) is 2. The van der Waals surface area contributed by atoms with Gasteiger partial charge in [-0.15, -0.1) is 0 Å². The normalized spacial score (nSPS) is 15.8. The highest BCUT2D eigenvalue weighted by atomic mass is 32.2. The van der Waals surface area contributed by atoms with Crippen molar-refractivity contribution in [3.8, 4) is 5.75 Å². The quantitative estimate of drug-likeness (QED) is 0.741. The van der Waals surface area contributed by atoms with Crippen molar-refractivity contribution < 1.29 is 22.3 Å². The van der Waals surface area contributed by atoms with Gasteiger partial charge in [-0.25, -0.2) is 12.8 Å². The maximum absolute atomic E-state index is 13.4. The largest absolute Gasteiger partial charge is 0.495 e. The van der Waals surface area contributed by atoms with Crippen LogP contribution in [0.2, 0.25) is 0 Å². The first-order chi connectivity index (χ1) is 13.9. The molecule has 0 radical (unpaired) electrons. The third kappa shape index (κ3) is 5.31. The lowest BCUT2D eigenvalue weighted by Gasteiger charge is -2.33. The first-order valence-corrected chi connectivity index (χ1v) is 10.7. The number of rotatable bonds is 7. The number of anilines is 1. The number of piperazine rings is 1. The Morgan fingerprint density at radius 3 is 2.52 bits per heavy atom. The molecule has 1 saturated heterocycles. The third-order valence-corrected chi connectivity index (χ3v) is 6.70. The van der Waals surface area contributed by atoms with E-state index in [9.17, 15) is 17.6 Å². The molecule has 1 amide bonds. The first-order valence-electron chi connectivity index (χ1n) is 9.31. The van der Waals surface area contributed by atoms with E-state index in [2.05, 4.69) is 5.32 Å². The van der Waals surface area contributed by atoms with Crippen LogP contribution < -0.4 is 10.1 Å². The van der Waals surface area contributed by atoms with Gasteiger partial charge in [-0.3, -0.25) is 4.79 Å². The average molecular weight is 421 g/mol. The van der Waals surface area contributed by atoms with Gasteiger partial charge in [0.05, 0.1) is 17.7 Å². The predicted molar refractivity (Wildman–Crippen MR) is 108 cm³/mol. The SMILES string of the molecule is COc1ccccc1NC(=O)CCN1CCN(S(=O)(=O)c2cccc(F)c2)CC1. The summed E-state index contributed by atoms with van der Waals surface area (Å²) in [5, 5.41) is 2.83. The Morgan fingerprint density at radius 1 is 1.10 bits per heavy atom. The van der Waals surface area contributed by atoms with E-state index in [1.807, 2.05) is 17.0 Å². The molecule has 7 nitrogen and oxygen atoms in total. The molecule has 1 aliphatic rings. The number of halogens is 1. The molecular formula is C20H24FN3O4S. The van der Waals surface area contributed by atoms with Gasteiger partial charge in [0.25, 0.3) is 0 Å². The molecule has 0 saturated carbocycles. The lowest BCUT2D eigenvalue weighted by atomic mass is 10.2. The lowest BCUT2D eigenvalue weighted by Crippen LogP contribution is -2.49. The van der Waals surface area contributed by atoms with Crippen LogP contribution >= 0.6 is 0 Å². The number of nitrogens with one attached hydrogen (secondary N) is 1. The van der Waals surface area contributed by atoms with Crippen molar-refractivity contribution in [3.05, 3.63) is 54.3 Å². The average Bonchev–Trinajstić information content (AvgIpc) is 2.73. The van der Waals surface area contributed by atoms with E-state index in [-0.39, 0.29) is 17.2 Å². The molecule has 0 aromatic heterocycles. The number of carbonyl (C=O) groups is 1. The molecule has 2 aromatic carbocycles. The summed E-state index contributed by atoms with van der Waals surface area (Å²) in [6.07, 6.45) is 0.286. The van der Waals surface area contributed by atoms with Crippen molar-refractivity contribution in [2.75, 3.05) is 45.2 Å². The van der Waals surface area contributed by atoms with Gasteiger partial charge < -0.3 is 15.0 Å². The standard InChI is InChI=1S/C20H24FN3O4S/c1-28-19-8-3-2-7-18(19)22-20(25)9-10-23-11-13-24(14-12-23)29(26,27)17-6-4-5-16(21)15-17/h2-8,15H,9-14H2,1H3,(H,22,25). The molecule has 29 heavy (non-hydrogen) atoms. The number of amides is 1. The Bertz CT molecular complexity index is 960. The van der Waals surface area contributed by atoms with E-state index in [0.717, 1.165) is 6.07 Å². The van der Waals surface area contributed by atoms with Crippen LogP contribution in [-0.2, 0) is 14.8 Å². The van der Waals surface area contributed by atoms with E-state index >= 15 is 0 Å². The second-order valence-electron chi connectivity index (χ2n) is 6.70. The molecule has 0 atom stereocenters. The summed E-state index contributed by atoms with van der Waals surface area (Å²) in [4.78, 5) is 14.2. The van der Waals surface area contributed by atoms with Crippen molar-refractivity contribution in [1.29, 1.82) is 0 Å². The fraction of sp³-hybridized carbons (Fsp3) is 0.350. The van der Waals surface area contributed by atoms with Crippen LogP contribution in [-0.4, -0.2) is 63.4 Å². The lowest BCUT2D eigenvalue weighted by molar-refractivity contribution is -0.116. The van der Waals surface area contributed by atoms with Gasteiger partial charge in [0.2, 0.25) is 15.9 Å². The first kappa shape index (κ1) is 21.2. The van der Waals surface area contributed by atoms with Crippen molar-refractivity contribution in [2.24, 2.45) is 0 Å². The molecule has 1 N–H and O–H groups in total. The zero-order valence-electron chi connectivity index (χ0n) is 16.2. The zero-order chi connectivity index (χ0) is 20.9. The van der Waals surface area contributed by atoms with Gasteiger partial charge in [0.15, 0.2) is 0 Å². The molecule has 0 unspecified atom stereocenters. The topological polar surface area (TPSA) is 79.0 Å². The van der Waals surface area contributed by atoms with Gasteiger partial charge in [-0.05, 0) is 30.3 Å². The van der Waals surface area contributed by atoms with Crippen molar-refractivity contribution in [2.45, 2.75) is 11.3 Å². The molecule has 1 fully saturated rings. The second-order valence-corrected chi connectivity index (χ2v) is 8.64. The number of ether oxygens (including phenoxy) is 1. The van der Waals surface area contributed by atoms with Crippen LogP contribution in [0, 0.1) is 5.82 Å². The molecule has 1 heterocycles. The fourth-order valence-corrected chi connectivity index (χ4v) is 4.64. The molecule has 1 aliphatic heterocycles. The number of benzene rings is 2. The van der Waals surface area contributed by atoms with Crippen LogP contribution in [0.4, 0.5) is 10.1 Å². The highest BCUT2D eigenvalue weighted by molar-refractivity contribution is 7.89. The highest BCUT2D eigenvalue weighted by Gasteiger charge is 2.28. The molecular weight excluding hydrogens is 397 g/mol. The number of sulfonamides is 1. The fourth-order valence-electron chi connectivity index (χ4n) is 3.19. The summed E-state index contributed by atoms with van der Waals surface area (Å²) in [7, 11) is -2.17. The third-order valence-electron chi connectivity index (χ3n) is 4.80. The van der Waals surface area contributed by atoms with Crippen molar-refractivity contribution in [1.82, 2.24) is 9.21 Å². The maximum Gasteiger partial charge on any atom is 0.243 e. The van der Waals surface area contributed by atoms with Crippen LogP contribution in [0.15, 0.2) is 53.4 Å². The molecule has 0 aliphatic carbocycles. The Balaban J connectivity index is 1.49. The molecule has 2 aromatic rings. The molecule has 156 valence electrons. The Hall–Kier alpha value is -2.49. The number of hydrogen-bond donors (Lipinski definition) is 1. The van der Waals surface area contributed by atoms with Crippen LogP contribution in [0.3, 0.4) is 0 Å². The minimum absolute atomic E-state index is 0.0397. The highest BCUT2D eigenvalue weighted by Crippen LogP contribution is 2.23. The Morgan fingerprint density at radius 2 is 1.83 bits per heavy atom. The molecule has 3 rings (SSSR count). The number of methoxy groups -OCH3 is 1. The van der Waals surface area contributed by atoms with E-state index in [0.29, 0.717) is 44.2 Å². The summed E-state index contributed by atoms with van der Waals surface area (Å²) in [5.74, 6) is -0.118. The van der Waals surface area contributed by atoms with Crippen LogP contribution in [0.1, 0.15) is 6.42 Å². The van der Waals surface area contributed by atoms with Gasteiger partial charge in [0, 0.05) is 39.1 Å². The summed E-state index contributed by atoms with van der Waals surface area (Å²) in [6, 6.07) is 12.2. The van der Waals surface area contributed by atoms with Gasteiger partial charge in [-0.1, -0.05) is 18.2 Å². The summed E-state index contributed by atoms with van der Waals surface area (Å²) < 4.78 is 45.2. The number of para-hydroxylation sites is 2. The van der Waals surface area contributed by atoms with Crippen molar-refractivity contribution in [3.63, 3.8) is 0 Å². The summed E-state index contributed by atoms with van der Waals surface area (Å²) in [5.41, 5.74) is 0.617. The maximum atomic E-state index is 13.4. The van der Waals surface area contributed by atoms with Crippen LogP contribution in [0.5, 0.6) is 5.75 Å². The van der Waals surface area contributed by atoms with Gasteiger partial charge in [-0.2, -0.15) is 4.31 Å². The number of carbonyl (C=O) groups excluding carboxylic acids is 1. The monoisotopic (exact) mass is 421 g/mol. The van der Waals surface area contributed by atoms with E-state index in [1.165, 1.54) is 22.5 Å². The number of hydrogen-bond acceptors (Lipinski definition) is 5. The van der Waals surface area contributed by atoms with E-state index in [4.69, 9.17) is 4.74 Å². The molecule has 9 heteroatoms. The van der Waals surface area contributed by atoms with Gasteiger partial charge in [0.1, 0.15) is 11.6 Å². The Labute approximate surface area is 170 Å². The smallest absolute Gasteiger partial charge is 0.243 e. The second kappa shape index (κ2) is 9.34. The Kier molecular flexibility index (Phi) is 6.83. The summed E-state index contributed by atoms with van der Waals surface area (Å²) >= 11 is 0. The van der Waals surface area contributed by atoms with E-state index < -0.39 is 15.8 Å². The summed E-state index contributed by atoms with van der Waals surface area (Å²) in [6.45, 7) is 2.14. The van der Waals surface area contributed by atoms with Crippen molar-refractivity contribution >= 4 is 21.6 Å². The molecule has 0 spiro atoms. The van der Waals surface area contributed by atoms with E-state index in [1.54, 1.807) is 19.2 Å². The zero-order valence-corrected chi connectivity index (χ0v) is 17.0. The minimum atomic E-state index is -3.71. The minimum Gasteiger partial charge on any atom is -0.495 e. The van der Waals surface area contributed by atoms with Gasteiger partial charge >= 0.3 is 0 Å². The molecule has 0 bridgehead atoms. The predicted octanol–water partition coefficient (Wildman–Crippen LogP) is 2.17.